The molecule has 3 nitrogen and oxygen atoms in total. The van der Waals surface area contributed by atoms with Crippen LogP contribution in [0.4, 0.5) is 18.0 Å². The molecule has 2 amide bonds. The summed E-state index contributed by atoms with van der Waals surface area (Å²) in [6.07, 6.45) is -2.64. The van der Waals surface area contributed by atoms with E-state index in [2.05, 4.69) is 10.6 Å². The predicted octanol–water partition coefficient (Wildman–Crippen LogP) is 4.19. The van der Waals surface area contributed by atoms with Gasteiger partial charge in [0.25, 0.3) is 0 Å². The van der Waals surface area contributed by atoms with Crippen molar-refractivity contribution in [3.63, 3.8) is 0 Å². The maximum absolute atomic E-state index is 12.7. The lowest BCUT2D eigenvalue weighted by Crippen LogP contribution is -2.36. The summed E-state index contributed by atoms with van der Waals surface area (Å²) >= 11 is 0. The van der Waals surface area contributed by atoms with E-state index in [-0.39, 0.29) is 18.6 Å². The Hall–Kier alpha value is -2.50. The first-order valence-corrected chi connectivity index (χ1v) is 7.72. The van der Waals surface area contributed by atoms with Gasteiger partial charge >= 0.3 is 12.2 Å². The standard InChI is InChI=1S/C18H17F3N2O/c19-18(20,21)14-6-3-4-12(10-14)11-22-17(24)23-16-9-8-13-5-1-2-7-15(13)16/h1-7,10,16H,8-9,11H2,(H2,22,23,24). The summed E-state index contributed by atoms with van der Waals surface area (Å²) in [4.78, 5) is 12.0. The number of halogens is 3. The second-order valence-electron chi connectivity index (χ2n) is 5.82. The highest BCUT2D eigenvalue weighted by molar-refractivity contribution is 5.74. The van der Waals surface area contributed by atoms with Gasteiger partial charge in [0.05, 0.1) is 11.6 Å². The molecule has 0 aliphatic heterocycles. The molecule has 0 spiro atoms. The lowest BCUT2D eigenvalue weighted by molar-refractivity contribution is -0.137. The number of amides is 2. The van der Waals surface area contributed by atoms with Crippen molar-refractivity contribution >= 4 is 6.03 Å². The molecule has 126 valence electrons. The Morgan fingerprint density at radius 3 is 2.71 bits per heavy atom. The number of hydrogen-bond acceptors (Lipinski definition) is 1. The minimum atomic E-state index is -4.38. The zero-order valence-corrected chi connectivity index (χ0v) is 12.9. The number of nitrogens with one attached hydrogen (secondary N) is 2. The Morgan fingerprint density at radius 2 is 1.92 bits per heavy atom. The van der Waals surface area contributed by atoms with Crippen molar-refractivity contribution in [3.8, 4) is 0 Å². The number of carbonyl (C=O) groups is 1. The highest BCUT2D eigenvalue weighted by Crippen LogP contribution is 2.31. The number of aryl methyl sites for hydroxylation is 1. The Bertz CT molecular complexity index is 743. The van der Waals surface area contributed by atoms with Crippen LogP contribution in [0, 0.1) is 0 Å². The molecule has 6 heteroatoms. The van der Waals surface area contributed by atoms with E-state index in [9.17, 15) is 18.0 Å². The van der Waals surface area contributed by atoms with Gasteiger partial charge in [-0.1, -0.05) is 36.4 Å². The first-order valence-electron chi connectivity index (χ1n) is 7.72. The largest absolute Gasteiger partial charge is 0.416 e. The summed E-state index contributed by atoms with van der Waals surface area (Å²) < 4.78 is 38.0. The molecule has 1 atom stereocenters. The summed E-state index contributed by atoms with van der Waals surface area (Å²) in [6, 6.07) is 12.4. The number of benzene rings is 2. The zero-order chi connectivity index (χ0) is 17.2. The molecule has 0 bridgehead atoms. The molecule has 0 saturated heterocycles. The summed E-state index contributed by atoms with van der Waals surface area (Å²) in [7, 11) is 0. The lowest BCUT2D eigenvalue weighted by Gasteiger charge is -2.15. The van der Waals surface area contributed by atoms with Crippen LogP contribution in [0.3, 0.4) is 0 Å². The SMILES string of the molecule is O=C(NCc1cccc(C(F)(F)F)c1)NC1CCc2ccccc21. The highest BCUT2D eigenvalue weighted by atomic mass is 19.4. The highest BCUT2D eigenvalue weighted by Gasteiger charge is 2.30. The van der Waals surface area contributed by atoms with Crippen LogP contribution in [0.2, 0.25) is 0 Å². The summed E-state index contributed by atoms with van der Waals surface area (Å²) in [5.74, 6) is 0. The molecule has 24 heavy (non-hydrogen) atoms. The van der Waals surface area contributed by atoms with Crippen molar-refractivity contribution in [3.05, 3.63) is 70.8 Å². The molecule has 2 aromatic carbocycles. The fourth-order valence-corrected chi connectivity index (χ4v) is 2.96. The van der Waals surface area contributed by atoms with Crippen LogP contribution in [0.5, 0.6) is 0 Å². The Labute approximate surface area is 137 Å². The molecule has 1 unspecified atom stereocenters. The number of urea groups is 1. The number of fused-ring (bicyclic) bond motifs is 1. The number of alkyl halides is 3. The van der Waals surface area contributed by atoms with Gasteiger partial charge in [0, 0.05) is 6.54 Å². The average molecular weight is 334 g/mol. The zero-order valence-electron chi connectivity index (χ0n) is 12.9. The van der Waals surface area contributed by atoms with Crippen LogP contribution in [0.1, 0.15) is 34.7 Å². The van der Waals surface area contributed by atoms with Gasteiger partial charge in [0.15, 0.2) is 0 Å². The molecular formula is C18H17F3N2O. The fraction of sp³-hybridized carbons (Fsp3) is 0.278. The Morgan fingerprint density at radius 1 is 1.12 bits per heavy atom. The smallest absolute Gasteiger partial charge is 0.334 e. The Balaban J connectivity index is 1.57. The van der Waals surface area contributed by atoms with E-state index in [1.54, 1.807) is 6.07 Å². The normalized spacial score (nSPS) is 16.5. The monoisotopic (exact) mass is 334 g/mol. The van der Waals surface area contributed by atoms with Crippen LogP contribution >= 0.6 is 0 Å². The van der Waals surface area contributed by atoms with Gasteiger partial charge in [-0.2, -0.15) is 13.2 Å². The van der Waals surface area contributed by atoms with E-state index in [1.165, 1.54) is 11.6 Å². The van der Waals surface area contributed by atoms with Crippen molar-refractivity contribution in [1.82, 2.24) is 10.6 Å². The third kappa shape index (κ3) is 3.69. The maximum atomic E-state index is 12.7. The van der Waals surface area contributed by atoms with Gasteiger partial charge in [-0.25, -0.2) is 4.79 Å². The van der Waals surface area contributed by atoms with Crippen LogP contribution < -0.4 is 10.6 Å². The molecule has 3 rings (SSSR count). The van der Waals surface area contributed by atoms with Crippen LogP contribution in [0.25, 0.3) is 0 Å². The average Bonchev–Trinajstić information content (AvgIpc) is 2.96. The van der Waals surface area contributed by atoms with Gasteiger partial charge in [-0.3, -0.25) is 0 Å². The van der Waals surface area contributed by atoms with Gasteiger partial charge < -0.3 is 10.6 Å². The number of carbonyl (C=O) groups excluding carboxylic acids is 1. The van der Waals surface area contributed by atoms with Crippen molar-refractivity contribution in [1.29, 1.82) is 0 Å². The first kappa shape index (κ1) is 16.4. The fourth-order valence-electron chi connectivity index (χ4n) is 2.96. The molecular weight excluding hydrogens is 317 g/mol. The molecule has 2 aromatic rings. The first-order chi connectivity index (χ1) is 11.4. The van der Waals surface area contributed by atoms with E-state index < -0.39 is 11.7 Å². The molecule has 1 aliphatic carbocycles. The van der Waals surface area contributed by atoms with Crippen molar-refractivity contribution in [2.24, 2.45) is 0 Å². The molecule has 0 radical (unpaired) electrons. The van der Waals surface area contributed by atoms with Gasteiger partial charge in [-0.05, 0) is 41.7 Å². The minimum Gasteiger partial charge on any atom is -0.334 e. The third-order valence-corrected chi connectivity index (χ3v) is 4.15. The minimum absolute atomic E-state index is 0.0458. The van der Waals surface area contributed by atoms with E-state index in [0.29, 0.717) is 5.56 Å². The van der Waals surface area contributed by atoms with Crippen molar-refractivity contribution in [2.75, 3.05) is 0 Å². The van der Waals surface area contributed by atoms with Crippen molar-refractivity contribution < 1.29 is 18.0 Å². The quantitative estimate of drug-likeness (QED) is 0.868. The van der Waals surface area contributed by atoms with Crippen molar-refractivity contribution in [2.45, 2.75) is 31.6 Å². The molecule has 0 heterocycles. The molecule has 1 aliphatic rings. The predicted molar refractivity (Wildman–Crippen MR) is 84.3 cm³/mol. The molecule has 2 N–H and O–H groups in total. The second kappa shape index (κ2) is 6.55. The summed E-state index contributed by atoms with van der Waals surface area (Å²) in [6.45, 7) is 0.0458. The molecule has 0 aromatic heterocycles. The summed E-state index contributed by atoms with van der Waals surface area (Å²) in [5, 5.41) is 5.50. The van der Waals surface area contributed by atoms with E-state index in [4.69, 9.17) is 0 Å². The van der Waals surface area contributed by atoms with Crippen LogP contribution in [0.15, 0.2) is 48.5 Å². The third-order valence-electron chi connectivity index (χ3n) is 4.15. The Kier molecular flexibility index (Phi) is 4.46. The van der Waals surface area contributed by atoms with E-state index in [0.717, 1.165) is 30.5 Å². The number of hydrogen-bond donors (Lipinski definition) is 2. The lowest BCUT2D eigenvalue weighted by atomic mass is 10.1. The molecule has 0 fully saturated rings. The van der Waals surface area contributed by atoms with Gasteiger partial charge in [0.2, 0.25) is 0 Å². The van der Waals surface area contributed by atoms with Crippen LogP contribution in [-0.2, 0) is 19.1 Å². The maximum Gasteiger partial charge on any atom is 0.416 e. The second-order valence-corrected chi connectivity index (χ2v) is 5.82. The van der Waals surface area contributed by atoms with Gasteiger partial charge in [-0.15, -0.1) is 0 Å². The van der Waals surface area contributed by atoms with Gasteiger partial charge in [0.1, 0.15) is 0 Å². The summed E-state index contributed by atoms with van der Waals surface area (Å²) in [5.41, 5.74) is 2.02. The van der Waals surface area contributed by atoms with Crippen LogP contribution in [-0.4, -0.2) is 6.03 Å². The van der Waals surface area contributed by atoms with E-state index >= 15 is 0 Å². The van der Waals surface area contributed by atoms with E-state index in [1.807, 2.05) is 24.3 Å². The topological polar surface area (TPSA) is 41.1 Å². The number of rotatable bonds is 3. The molecule has 0 saturated carbocycles.